The molecule has 1 aromatic carbocycles. The molecule has 0 radical (unpaired) electrons. The number of allylic oxidation sites excluding steroid dienone is 1. The molecule has 7 heteroatoms. The highest BCUT2D eigenvalue weighted by Gasteiger charge is 2.07. The fourth-order valence-corrected chi connectivity index (χ4v) is 1.75. The van der Waals surface area contributed by atoms with E-state index in [9.17, 15) is 14.9 Å². The first-order valence-electron chi connectivity index (χ1n) is 6.06. The normalized spacial score (nSPS) is 11.5. The predicted octanol–water partition coefficient (Wildman–Crippen LogP) is 3.54. The van der Waals surface area contributed by atoms with E-state index in [0.717, 1.165) is 10.5 Å². The van der Waals surface area contributed by atoms with Gasteiger partial charge in [-0.05, 0) is 25.1 Å². The van der Waals surface area contributed by atoms with Gasteiger partial charge in [-0.3, -0.25) is 10.1 Å². The van der Waals surface area contributed by atoms with Crippen molar-refractivity contribution in [1.82, 2.24) is 0 Å². The molecule has 1 aromatic rings. The van der Waals surface area contributed by atoms with Crippen LogP contribution in [0.25, 0.3) is 6.08 Å². The van der Waals surface area contributed by atoms with Crippen molar-refractivity contribution in [3.8, 4) is 5.75 Å². The zero-order chi connectivity index (χ0) is 15.8. The second kappa shape index (κ2) is 8.21. The topological polar surface area (TPSA) is 78.7 Å². The molecule has 0 amide bonds. The Hall–Kier alpha value is -2.15. The van der Waals surface area contributed by atoms with Crippen molar-refractivity contribution in [3.63, 3.8) is 0 Å². The largest absolute Gasteiger partial charge is 0.464 e. The monoisotopic (exact) mass is 355 g/mol. The number of hydrogen-bond donors (Lipinski definition) is 0. The molecule has 0 saturated heterocycles. The summed E-state index contributed by atoms with van der Waals surface area (Å²) < 4.78 is 10.8. The molecule has 1 rings (SSSR count). The number of ether oxygens (including phenoxy) is 2. The van der Waals surface area contributed by atoms with E-state index in [1.54, 1.807) is 25.1 Å². The molecular formula is C14H14BrNO5. The Kier molecular flexibility index (Phi) is 6.61. The summed E-state index contributed by atoms with van der Waals surface area (Å²) in [7, 11) is 0. The van der Waals surface area contributed by atoms with Crippen LogP contribution in [0.15, 0.2) is 40.7 Å². The third-order valence-corrected chi connectivity index (χ3v) is 2.80. The molecule has 0 spiro atoms. The fourth-order valence-electron chi connectivity index (χ4n) is 1.37. The van der Waals surface area contributed by atoms with Crippen molar-refractivity contribution in [2.75, 3.05) is 6.61 Å². The van der Waals surface area contributed by atoms with E-state index in [0.29, 0.717) is 11.3 Å². The molecule has 6 nitrogen and oxygen atoms in total. The Labute approximate surface area is 130 Å². The van der Waals surface area contributed by atoms with Crippen LogP contribution in [0.4, 0.5) is 0 Å². The lowest BCUT2D eigenvalue weighted by molar-refractivity contribution is -0.422. The van der Waals surface area contributed by atoms with Gasteiger partial charge in [-0.2, -0.15) is 0 Å². The van der Waals surface area contributed by atoms with Gasteiger partial charge in [0.05, 0.1) is 23.9 Å². The summed E-state index contributed by atoms with van der Waals surface area (Å²) in [6.45, 7) is 3.36. The molecular weight excluding hydrogens is 342 g/mol. The van der Waals surface area contributed by atoms with Gasteiger partial charge in [-0.25, -0.2) is 4.79 Å². The van der Waals surface area contributed by atoms with E-state index in [1.165, 1.54) is 19.3 Å². The third kappa shape index (κ3) is 5.78. The van der Waals surface area contributed by atoms with Gasteiger partial charge in [0.2, 0.25) is 5.70 Å². The van der Waals surface area contributed by atoms with Gasteiger partial charge in [0.15, 0.2) is 0 Å². The number of hydrogen-bond acceptors (Lipinski definition) is 5. The van der Waals surface area contributed by atoms with E-state index < -0.39 is 10.9 Å². The van der Waals surface area contributed by atoms with Crippen molar-refractivity contribution in [2.24, 2.45) is 0 Å². The SMILES string of the molecule is CCOC(=O)/C=C/Oc1ccc(Br)cc1/C=C(\C)[N+](=O)[O-]. The first-order valence-corrected chi connectivity index (χ1v) is 6.85. The van der Waals surface area contributed by atoms with Crippen LogP contribution < -0.4 is 4.74 Å². The maximum absolute atomic E-state index is 11.1. The van der Waals surface area contributed by atoms with Crippen LogP contribution >= 0.6 is 15.9 Å². The van der Waals surface area contributed by atoms with Crippen LogP contribution in [0, 0.1) is 10.1 Å². The lowest BCUT2D eigenvalue weighted by Gasteiger charge is -2.05. The molecule has 0 atom stereocenters. The molecule has 112 valence electrons. The quantitative estimate of drug-likeness (QED) is 0.256. The highest BCUT2D eigenvalue weighted by molar-refractivity contribution is 9.10. The summed E-state index contributed by atoms with van der Waals surface area (Å²) in [5, 5.41) is 10.7. The summed E-state index contributed by atoms with van der Waals surface area (Å²) in [5.41, 5.74) is 0.499. The van der Waals surface area contributed by atoms with Crippen molar-refractivity contribution < 1.29 is 19.2 Å². The van der Waals surface area contributed by atoms with Crippen molar-refractivity contribution in [1.29, 1.82) is 0 Å². The highest BCUT2D eigenvalue weighted by atomic mass is 79.9. The van der Waals surface area contributed by atoms with Gasteiger partial charge in [-0.15, -0.1) is 0 Å². The average molecular weight is 356 g/mol. The lowest BCUT2D eigenvalue weighted by Crippen LogP contribution is -2.00. The van der Waals surface area contributed by atoms with E-state index in [4.69, 9.17) is 9.47 Å². The van der Waals surface area contributed by atoms with E-state index in [1.807, 2.05) is 0 Å². The number of nitro groups is 1. The Balaban J connectivity index is 2.95. The number of benzene rings is 1. The molecule has 0 fully saturated rings. The minimum Gasteiger partial charge on any atom is -0.464 e. The molecule has 21 heavy (non-hydrogen) atoms. The fraction of sp³-hybridized carbons (Fsp3) is 0.214. The number of rotatable bonds is 6. The van der Waals surface area contributed by atoms with Crippen LogP contribution in [0.1, 0.15) is 19.4 Å². The maximum atomic E-state index is 11.1. The van der Waals surface area contributed by atoms with E-state index >= 15 is 0 Å². The van der Waals surface area contributed by atoms with Gasteiger partial charge in [0.1, 0.15) is 5.75 Å². The minimum atomic E-state index is -0.520. The van der Waals surface area contributed by atoms with Gasteiger partial charge in [0.25, 0.3) is 0 Å². The summed E-state index contributed by atoms with van der Waals surface area (Å²) in [6.07, 6.45) is 3.71. The Morgan fingerprint density at radius 2 is 2.19 bits per heavy atom. The number of nitrogens with zero attached hydrogens (tertiary/aromatic N) is 1. The van der Waals surface area contributed by atoms with Crippen LogP contribution in [0.3, 0.4) is 0 Å². The highest BCUT2D eigenvalue weighted by Crippen LogP contribution is 2.25. The van der Waals surface area contributed by atoms with E-state index in [2.05, 4.69) is 15.9 Å². The van der Waals surface area contributed by atoms with Crippen molar-refractivity contribution in [2.45, 2.75) is 13.8 Å². The maximum Gasteiger partial charge on any atom is 0.333 e. The number of carbonyl (C=O) groups is 1. The standard InChI is InChI=1S/C14H14BrNO5/c1-3-20-14(17)6-7-21-13-5-4-12(15)9-11(13)8-10(2)16(18)19/h4-9H,3H2,1-2H3/b7-6+,10-8+. The average Bonchev–Trinajstić information content (AvgIpc) is 2.41. The molecule has 0 heterocycles. The summed E-state index contributed by atoms with van der Waals surface area (Å²) in [4.78, 5) is 21.3. The van der Waals surface area contributed by atoms with Crippen molar-refractivity contribution in [3.05, 3.63) is 56.4 Å². The Morgan fingerprint density at radius 3 is 2.81 bits per heavy atom. The molecule has 0 bridgehead atoms. The van der Waals surface area contributed by atoms with Crippen LogP contribution in [-0.4, -0.2) is 17.5 Å². The predicted molar refractivity (Wildman–Crippen MR) is 81.2 cm³/mol. The number of halogens is 1. The first-order chi connectivity index (χ1) is 9.93. The summed E-state index contributed by atoms with van der Waals surface area (Å²) >= 11 is 3.29. The molecule has 0 unspecified atom stereocenters. The molecule has 0 aliphatic rings. The third-order valence-electron chi connectivity index (χ3n) is 2.31. The van der Waals surface area contributed by atoms with Gasteiger partial charge in [-0.1, -0.05) is 15.9 Å². The van der Waals surface area contributed by atoms with Crippen LogP contribution in [0.5, 0.6) is 5.75 Å². The molecule has 0 aromatic heterocycles. The molecule has 0 saturated carbocycles. The van der Waals surface area contributed by atoms with Crippen LogP contribution in [-0.2, 0) is 9.53 Å². The molecule has 0 aliphatic carbocycles. The number of carbonyl (C=O) groups excluding carboxylic acids is 1. The zero-order valence-corrected chi connectivity index (χ0v) is 13.1. The lowest BCUT2D eigenvalue weighted by atomic mass is 10.2. The Morgan fingerprint density at radius 1 is 1.48 bits per heavy atom. The second-order valence-electron chi connectivity index (χ2n) is 3.90. The smallest absolute Gasteiger partial charge is 0.333 e. The van der Waals surface area contributed by atoms with Gasteiger partial charge < -0.3 is 9.47 Å². The number of esters is 1. The van der Waals surface area contributed by atoms with Gasteiger partial charge >= 0.3 is 5.97 Å². The Bertz CT molecular complexity index is 595. The summed E-state index contributed by atoms with van der Waals surface area (Å²) in [5.74, 6) is -0.131. The van der Waals surface area contributed by atoms with Gasteiger partial charge in [0, 0.05) is 23.0 Å². The first kappa shape index (κ1) is 16.9. The summed E-state index contributed by atoms with van der Waals surface area (Å²) in [6, 6.07) is 5.05. The van der Waals surface area contributed by atoms with Crippen LogP contribution in [0.2, 0.25) is 0 Å². The second-order valence-corrected chi connectivity index (χ2v) is 4.81. The molecule has 0 aliphatic heterocycles. The van der Waals surface area contributed by atoms with Crippen molar-refractivity contribution >= 4 is 28.0 Å². The minimum absolute atomic E-state index is 0.0210. The van der Waals surface area contributed by atoms with E-state index in [-0.39, 0.29) is 12.3 Å². The molecule has 0 N–H and O–H groups in total. The zero-order valence-electron chi connectivity index (χ0n) is 11.5.